The number of hydrogen-bond donors (Lipinski definition) is 0. The van der Waals surface area contributed by atoms with Crippen molar-refractivity contribution < 1.29 is 14.3 Å². The number of methoxy groups -OCH3 is 1. The zero-order valence-electron chi connectivity index (χ0n) is 9.82. The summed E-state index contributed by atoms with van der Waals surface area (Å²) in [6, 6.07) is -0.391. The first-order valence-corrected chi connectivity index (χ1v) is 5.33. The maximum Gasteiger partial charge on any atom is 0.220 e. The number of Topliss-reactive ketones (excluding diaryl/α,β-unsaturated/α-hetero) is 1. The van der Waals surface area contributed by atoms with E-state index in [-0.39, 0.29) is 23.7 Å². The van der Waals surface area contributed by atoms with Gasteiger partial charge in [0.25, 0.3) is 0 Å². The third-order valence-electron chi connectivity index (χ3n) is 3.16. The van der Waals surface area contributed by atoms with Crippen molar-refractivity contribution in [3.8, 4) is 0 Å². The van der Waals surface area contributed by atoms with Crippen LogP contribution in [0.3, 0.4) is 0 Å². The van der Waals surface area contributed by atoms with Crippen LogP contribution in [0.1, 0.15) is 27.2 Å². The predicted molar refractivity (Wildman–Crippen MR) is 56.4 cm³/mol. The molecule has 1 aliphatic heterocycles. The summed E-state index contributed by atoms with van der Waals surface area (Å²) < 4.78 is 5.35. The van der Waals surface area contributed by atoms with Gasteiger partial charge in [-0.1, -0.05) is 6.92 Å². The van der Waals surface area contributed by atoms with Gasteiger partial charge in [0.05, 0.1) is 6.10 Å². The summed E-state index contributed by atoms with van der Waals surface area (Å²) >= 11 is 0. The lowest BCUT2D eigenvalue weighted by atomic mass is 9.97. The molecule has 0 N–H and O–H groups in total. The molecule has 0 radical (unpaired) electrons. The molecule has 3 atom stereocenters. The summed E-state index contributed by atoms with van der Waals surface area (Å²) in [6.07, 6.45) is 0.780. The van der Waals surface area contributed by atoms with E-state index in [1.165, 1.54) is 13.8 Å². The molecule has 1 aliphatic rings. The first-order valence-electron chi connectivity index (χ1n) is 5.33. The van der Waals surface area contributed by atoms with Crippen molar-refractivity contribution >= 4 is 11.7 Å². The molecule has 0 aromatic rings. The highest BCUT2D eigenvalue weighted by Gasteiger charge is 2.44. The first-order chi connectivity index (χ1) is 7.02. The average Bonchev–Trinajstić information content (AvgIpc) is 2.55. The van der Waals surface area contributed by atoms with E-state index in [4.69, 9.17) is 4.74 Å². The number of hydrogen-bond acceptors (Lipinski definition) is 3. The Kier molecular flexibility index (Phi) is 3.85. The van der Waals surface area contributed by atoms with E-state index in [0.717, 1.165) is 6.42 Å². The molecule has 15 heavy (non-hydrogen) atoms. The Bertz CT molecular complexity index is 265. The fraction of sp³-hybridized carbons (Fsp3) is 0.818. The van der Waals surface area contributed by atoms with Gasteiger partial charge in [0.2, 0.25) is 5.91 Å². The smallest absolute Gasteiger partial charge is 0.220 e. The van der Waals surface area contributed by atoms with Gasteiger partial charge in [-0.3, -0.25) is 9.59 Å². The summed E-state index contributed by atoms with van der Waals surface area (Å²) in [7, 11) is 1.60. The second-order valence-electron chi connectivity index (χ2n) is 4.10. The maximum absolute atomic E-state index is 11.5. The number of carbonyl (C=O) groups is 2. The monoisotopic (exact) mass is 213 g/mol. The number of likely N-dealkylation sites (tertiary alicyclic amines) is 1. The van der Waals surface area contributed by atoms with Crippen molar-refractivity contribution in [1.29, 1.82) is 0 Å². The Labute approximate surface area is 90.6 Å². The van der Waals surface area contributed by atoms with Crippen molar-refractivity contribution in [2.45, 2.75) is 39.3 Å². The second-order valence-corrected chi connectivity index (χ2v) is 4.10. The van der Waals surface area contributed by atoms with Crippen molar-refractivity contribution in [2.24, 2.45) is 5.92 Å². The fourth-order valence-corrected chi connectivity index (χ4v) is 2.36. The molecular weight excluding hydrogens is 194 g/mol. The third kappa shape index (κ3) is 2.20. The van der Waals surface area contributed by atoms with Crippen molar-refractivity contribution in [3.63, 3.8) is 0 Å². The van der Waals surface area contributed by atoms with E-state index in [9.17, 15) is 9.59 Å². The van der Waals surface area contributed by atoms with Crippen molar-refractivity contribution in [2.75, 3.05) is 13.7 Å². The minimum absolute atomic E-state index is 0.00741. The third-order valence-corrected chi connectivity index (χ3v) is 3.16. The molecule has 0 saturated carbocycles. The van der Waals surface area contributed by atoms with Crippen LogP contribution in [0.5, 0.6) is 0 Å². The molecular formula is C11H19NO3. The normalized spacial score (nSPS) is 30.7. The molecule has 0 aliphatic carbocycles. The summed E-state index contributed by atoms with van der Waals surface area (Å²) in [5, 5.41) is 0. The summed E-state index contributed by atoms with van der Waals surface area (Å²) in [6.45, 7) is 5.71. The molecule has 1 rings (SSSR count). The highest BCUT2D eigenvalue weighted by molar-refractivity contribution is 5.88. The molecule has 86 valence electrons. The Morgan fingerprint density at radius 3 is 2.33 bits per heavy atom. The Morgan fingerprint density at radius 2 is 2.00 bits per heavy atom. The van der Waals surface area contributed by atoms with Gasteiger partial charge in [-0.25, -0.2) is 0 Å². The van der Waals surface area contributed by atoms with Gasteiger partial charge in [0, 0.05) is 26.5 Å². The zero-order valence-corrected chi connectivity index (χ0v) is 9.82. The maximum atomic E-state index is 11.5. The van der Waals surface area contributed by atoms with E-state index >= 15 is 0 Å². The predicted octanol–water partition coefficient (Wildman–Crippen LogP) is 0.847. The molecule has 3 unspecified atom stereocenters. The van der Waals surface area contributed by atoms with E-state index in [2.05, 4.69) is 6.92 Å². The molecule has 1 saturated heterocycles. The molecule has 1 fully saturated rings. The summed E-state index contributed by atoms with van der Waals surface area (Å²) in [4.78, 5) is 24.5. The average molecular weight is 213 g/mol. The number of ether oxygens (including phenoxy) is 1. The van der Waals surface area contributed by atoms with Gasteiger partial charge in [-0.2, -0.15) is 0 Å². The van der Waals surface area contributed by atoms with Crippen LogP contribution in [0.15, 0.2) is 0 Å². The topological polar surface area (TPSA) is 46.6 Å². The quantitative estimate of drug-likeness (QED) is 0.698. The fourth-order valence-electron chi connectivity index (χ4n) is 2.36. The Morgan fingerprint density at radius 1 is 1.40 bits per heavy atom. The number of rotatable bonds is 3. The minimum Gasteiger partial charge on any atom is -0.378 e. The van der Waals surface area contributed by atoms with E-state index in [1.54, 1.807) is 12.0 Å². The van der Waals surface area contributed by atoms with Gasteiger partial charge in [-0.15, -0.1) is 0 Å². The molecule has 1 heterocycles. The van der Waals surface area contributed by atoms with Gasteiger partial charge in [0.15, 0.2) is 5.78 Å². The number of nitrogens with zero attached hydrogens (tertiary/aromatic N) is 1. The highest BCUT2D eigenvalue weighted by atomic mass is 16.5. The Hall–Kier alpha value is -0.900. The molecule has 0 spiro atoms. The molecule has 0 aromatic heterocycles. The molecule has 0 bridgehead atoms. The van der Waals surface area contributed by atoms with Crippen LogP contribution in [-0.4, -0.2) is 42.4 Å². The Balaban J connectivity index is 2.93. The van der Waals surface area contributed by atoms with Crippen LogP contribution < -0.4 is 0 Å². The van der Waals surface area contributed by atoms with Crippen molar-refractivity contribution in [3.05, 3.63) is 0 Å². The van der Waals surface area contributed by atoms with E-state index in [1.807, 2.05) is 0 Å². The van der Waals surface area contributed by atoms with Gasteiger partial charge < -0.3 is 9.64 Å². The molecule has 4 nitrogen and oxygen atoms in total. The lowest BCUT2D eigenvalue weighted by Crippen LogP contribution is -2.44. The SMILES string of the molecule is CCC1CN(C(C)=O)C(C(C)=O)C1OC. The van der Waals surface area contributed by atoms with Crippen LogP contribution >= 0.6 is 0 Å². The van der Waals surface area contributed by atoms with Gasteiger partial charge in [0.1, 0.15) is 6.04 Å². The zero-order chi connectivity index (χ0) is 11.6. The van der Waals surface area contributed by atoms with Gasteiger partial charge in [-0.05, 0) is 13.3 Å². The second kappa shape index (κ2) is 4.75. The van der Waals surface area contributed by atoms with E-state index < -0.39 is 6.04 Å². The standard InChI is InChI=1S/C11H19NO3/c1-5-9-6-12(8(3)14)10(7(2)13)11(9)15-4/h9-11H,5-6H2,1-4H3. The number of amides is 1. The number of ketones is 1. The van der Waals surface area contributed by atoms with Crippen molar-refractivity contribution in [1.82, 2.24) is 4.90 Å². The van der Waals surface area contributed by atoms with Crippen LogP contribution in [0, 0.1) is 5.92 Å². The van der Waals surface area contributed by atoms with Crippen LogP contribution in [0.25, 0.3) is 0 Å². The lowest BCUT2D eigenvalue weighted by molar-refractivity contribution is -0.137. The van der Waals surface area contributed by atoms with Gasteiger partial charge >= 0.3 is 0 Å². The van der Waals surface area contributed by atoms with Crippen LogP contribution in [-0.2, 0) is 14.3 Å². The highest BCUT2D eigenvalue weighted by Crippen LogP contribution is 2.29. The number of carbonyl (C=O) groups excluding carboxylic acids is 2. The summed E-state index contributed by atoms with van der Waals surface area (Å²) in [5.74, 6) is 0.231. The lowest BCUT2D eigenvalue weighted by Gasteiger charge is -2.24. The summed E-state index contributed by atoms with van der Waals surface area (Å²) in [5.41, 5.74) is 0. The molecule has 4 heteroatoms. The minimum atomic E-state index is -0.391. The molecule has 1 amide bonds. The first kappa shape index (κ1) is 12.2. The largest absolute Gasteiger partial charge is 0.378 e. The van der Waals surface area contributed by atoms with Crippen LogP contribution in [0.2, 0.25) is 0 Å². The van der Waals surface area contributed by atoms with E-state index in [0.29, 0.717) is 6.54 Å². The van der Waals surface area contributed by atoms with Crippen LogP contribution in [0.4, 0.5) is 0 Å². The molecule has 0 aromatic carbocycles.